The van der Waals surface area contributed by atoms with E-state index in [-0.39, 0.29) is 12.7 Å². The molecule has 1 fully saturated rings. The zero-order chi connectivity index (χ0) is 16.4. The number of likely N-dealkylation sites (tertiary alicyclic amines) is 1. The number of ether oxygens (including phenoxy) is 2. The molecule has 24 heavy (non-hydrogen) atoms. The molecule has 1 saturated heterocycles. The standard InChI is InChI=1S/C17H19N3O4/c21-16(19-13-1-2-14-15(9-13)24-11-23-14)10-20-6-3-12(4-7-20)17-18-5-8-22-17/h1-2,5,8-9,12H,3-4,6-7,10-11H2,(H,19,21). The number of nitrogens with zero attached hydrogens (tertiary/aromatic N) is 2. The lowest BCUT2D eigenvalue weighted by Crippen LogP contribution is -2.38. The first-order valence-electron chi connectivity index (χ1n) is 8.09. The maximum atomic E-state index is 12.2. The summed E-state index contributed by atoms with van der Waals surface area (Å²) in [6.07, 6.45) is 5.21. The van der Waals surface area contributed by atoms with E-state index in [1.165, 1.54) is 0 Å². The Hall–Kier alpha value is -2.54. The average Bonchev–Trinajstić information content (AvgIpc) is 3.26. The molecule has 1 amide bonds. The first-order chi connectivity index (χ1) is 11.8. The van der Waals surface area contributed by atoms with Gasteiger partial charge in [-0.2, -0.15) is 0 Å². The lowest BCUT2D eigenvalue weighted by atomic mass is 9.97. The molecule has 3 heterocycles. The number of nitrogens with one attached hydrogen (secondary N) is 1. The zero-order valence-electron chi connectivity index (χ0n) is 13.2. The third-order valence-electron chi connectivity index (χ3n) is 4.41. The van der Waals surface area contributed by atoms with E-state index in [4.69, 9.17) is 13.9 Å². The van der Waals surface area contributed by atoms with E-state index < -0.39 is 0 Å². The van der Waals surface area contributed by atoms with Crippen LogP contribution in [0, 0.1) is 0 Å². The van der Waals surface area contributed by atoms with Crippen LogP contribution in [0.25, 0.3) is 0 Å². The topological polar surface area (TPSA) is 76.8 Å². The monoisotopic (exact) mass is 329 g/mol. The van der Waals surface area contributed by atoms with Crippen LogP contribution in [0.2, 0.25) is 0 Å². The van der Waals surface area contributed by atoms with Crippen LogP contribution in [-0.4, -0.2) is 42.2 Å². The number of hydrogen-bond donors (Lipinski definition) is 1. The predicted octanol–water partition coefficient (Wildman–Crippen LogP) is 2.22. The van der Waals surface area contributed by atoms with Crippen molar-refractivity contribution in [1.29, 1.82) is 0 Å². The van der Waals surface area contributed by atoms with E-state index in [2.05, 4.69) is 15.2 Å². The summed E-state index contributed by atoms with van der Waals surface area (Å²) in [4.78, 5) is 18.6. The van der Waals surface area contributed by atoms with Crippen molar-refractivity contribution in [3.8, 4) is 11.5 Å². The molecule has 1 N–H and O–H groups in total. The van der Waals surface area contributed by atoms with Gasteiger partial charge < -0.3 is 19.2 Å². The van der Waals surface area contributed by atoms with E-state index in [1.807, 2.05) is 6.07 Å². The summed E-state index contributed by atoms with van der Waals surface area (Å²) in [7, 11) is 0. The van der Waals surface area contributed by atoms with Gasteiger partial charge in [0.2, 0.25) is 12.7 Å². The second-order valence-corrected chi connectivity index (χ2v) is 6.04. The number of carbonyl (C=O) groups is 1. The van der Waals surface area contributed by atoms with Gasteiger partial charge >= 0.3 is 0 Å². The molecular formula is C17H19N3O4. The fourth-order valence-corrected chi connectivity index (χ4v) is 3.15. The van der Waals surface area contributed by atoms with Crippen LogP contribution in [0.1, 0.15) is 24.7 Å². The number of aromatic nitrogens is 1. The summed E-state index contributed by atoms with van der Waals surface area (Å²) in [6, 6.07) is 5.41. The Balaban J connectivity index is 1.28. The molecule has 0 spiro atoms. The first-order valence-corrected chi connectivity index (χ1v) is 8.09. The predicted molar refractivity (Wildman–Crippen MR) is 86.1 cm³/mol. The number of carbonyl (C=O) groups excluding carboxylic acids is 1. The summed E-state index contributed by atoms with van der Waals surface area (Å²) in [6.45, 7) is 2.34. The zero-order valence-corrected chi connectivity index (χ0v) is 13.2. The lowest BCUT2D eigenvalue weighted by molar-refractivity contribution is -0.117. The Morgan fingerprint density at radius 2 is 2.08 bits per heavy atom. The van der Waals surface area contributed by atoms with Crippen molar-refractivity contribution in [2.75, 3.05) is 31.7 Å². The summed E-state index contributed by atoms with van der Waals surface area (Å²) >= 11 is 0. The molecule has 7 nitrogen and oxygen atoms in total. The second-order valence-electron chi connectivity index (χ2n) is 6.04. The summed E-state index contributed by atoms with van der Waals surface area (Å²) in [5, 5.41) is 2.91. The second kappa shape index (κ2) is 6.52. The molecule has 1 aromatic carbocycles. The number of hydrogen-bond acceptors (Lipinski definition) is 6. The molecule has 2 aromatic rings. The van der Waals surface area contributed by atoms with Gasteiger partial charge in [-0.1, -0.05) is 0 Å². The van der Waals surface area contributed by atoms with Gasteiger partial charge in [0.1, 0.15) is 6.26 Å². The van der Waals surface area contributed by atoms with Crippen LogP contribution < -0.4 is 14.8 Å². The smallest absolute Gasteiger partial charge is 0.238 e. The van der Waals surface area contributed by atoms with Gasteiger partial charge in [0, 0.05) is 17.7 Å². The van der Waals surface area contributed by atoms with Crippen molar-refractivity contribution in [1.82, 2.24) is 9.88 Å². The van der Waals surface area contributed by atoms with Crippen molar-refractivity contribution in [2.45, 2.75) is 18.8 Å². The molecular weight excluding hydrogens is 310 g/mol. The van der Waals surface area contributed by atoms with Gasteiger partial charge in [-0.15, -0.1) is 0 Å². The van der Waals surface area contributed by atoms with Gasteiger partial charge in [-0.05, 0) is 38.1 Å². The van der Waals surface area contributed by atoms with E-state index in [0.717, 1.165) is 37.5 Å². The fraction of sp³-hybridized carbons (Fsp3) is 0.412. The molecule has 7 heteroatoms. The molecule has 1 aromatic heterocycles. The van der Waals surface area contributed by atoms with Crippen molar-refractivity contribution in [3.05, 3.63) is 36.5 Å². The summed E-state index contributed by atoms with van der Waals surface area (Å²) in [5.41, 5.74) is 0.721. The van der Waals surface area contributed by atoms with Crippen molar-refractivity contribution >= 4 is 11.6 Å². The van der Waals surface area contributed by atoms with Crippen LogP contribution >= 0.6 is 0 Å². The molecule has 2 aliphatic rings. The lowest BCUT2D eigenvalue weighted by Gasteiger charge is -2.29. The van der Waals surface area contributed by atoms with Crippen molar-refractivity contribution in [3.63, 3.8) is 0 Å². The molecule has 0 unspecified atom stereocenters. The van der Waals surface area contributed by atoms with Gasteiger partial charge in [-0.3, -0.25) is 9.69 Å². The average molecular weight is 329 g/mol. The quantitative estimate of drug-likeness (QED) is 0.927. The van der Waals surface area contributed by atoms with Crippen LogP contribution in [-0.2, 0) is 4.79 Å². The van der Waals surface area contributed by atoms with Crippen LogP contribution in [0.5, 0.6) is 11.5 Å². The Kier molecular flexibility index (Phi) is 4.08. The van der Waals surface area contributed by atoms with Crippen molar-refractivity contribution < 1.29 is 18.7 Å². The molecule has 4 rings (SSSR count). The molecule has 0 saturated carbocycles. The highest BCUT2D eigenvalue weighted by molar-refractivity contribution is 5.92. The Morgan fingerprint density at radius 1 is 1.25 bits per heavy atom. The highest BCUT2D eigenvalue weighted by Gasteiger charge is 2.24. The Bertz CT molecular complexity index is 709. The van der Waals surface area contributed by atoms with Crippen molar-refractivity contribution in [2.24, 2.45) is 0 Å². The number of anilines is 1. The third-order valence-corrected chi connectivity index (χ3v) is 4.41. The normalized spacial score (nSPS) is 17.8. The van der Waals surface area contributed by atoms with Crippen LogP contribution in [0.3, 0.4) is 0 Å². The number of rotatable bonds is 4. The van der Waals surface area contributed by atoms with Gasteiger partial charge in [0.25, 0.3) is 0 Å². The molecule has 0 bridgehead atoms. The van der Waals surface area contributed by atoms with Gasteiger partial charge in [0.05, 0.1) is 12.7 Å². The van der Waals surface area contributed by atoms with Crippen LogP contribution in [0.4, 0.5) is 5.69 Å². The highest BCUT2D eigenvalue weighted by atomic mass is 16.7. The Labute approximate surface area is 139 Å². The number of fused-ring (bicyclic) bond motifs is 1. The molecule has 0 aliphatic carbocycles. The minimum atomic E-state index is -0.0246. The Morgan fingerprint density at radius 3 is 2.88 bits per heavy atom. The highest BCUT2D eigenvalue weighted by Crippen LogP contribution is 2.34. The molecule has 0 atom stereocenters. The molecule has 126 valence electrons. The molecule has 0 radical (unpaired) electrons. The largest absolute Gasteiger partial charge is 0.454 e. The number of amides is 1. The van der Waals surface area contributed by atoms with E-state index >= 15 is 0 Å². The summed E-state index contributed by atoms with van der Waals surface area (Å²) in [5.74, 6) is 2.51. The van der Waals surface area contributed by atoms with Gasteiger partial charge in [-0.25, -0.2) is 4.98 Å². The maximum absolute atomic E-state index is 12.2. The van der Waals surface area contributed by atoms with E-state index in [1.54, 1.807) is 24.6 Å². The fourth-order valence-electron chi connectivity index (χ4n) is 3.15. The molecule has 2 aliphatic heterocycles. The number of piperidine rings is 1. The van der Waals surface area contributed by atoms with Gasteiger partial charge in [0.15, 0.2) is 17.4 Å². The SMILES string of the molecule is O=C(CN1CCC(c2ncco2)CC1)Nc1ccc2c(c1)OCO2. The minimum Gasteiger partial charge on any atom is -0.454 e. The first kappa shape index (κ1) is 15.0. The van der Waals surface area contributed by atoms with Crippen LogP contribution in [0.15, 0.2) is 35.1 Å². The number of oxazole rings is 1. The summed E-state index contributed by atoms with van der Waals surface area (Å²) < 4.78 is 16.0. The van der Waals surface area contributed by atoms with E-state index in [0.29, 0.717) is 24.0 Å². The maximum Gasteiger partial charge on any atom is 0.238 e. The number of benzene rings is 1. The van der Waals surface area contributed by atoms with E-state index in [9.17, 15) is 4.79 Å². The third kappa shape index (κ3) is 3.21. The minimum absolute atomic E-state index is 0.0246.